The van der Waals surface area contributed by atoms with Crippen molar-refractivity contribution in [3.8, 4) is 0 Å². The Morgan fingerprint density at radius 3 is 2.37 bits per heavy atom. The van der Waals surface area contributed by atoms with E-state index >= 15 is 0 Å². The molecule has 1 aliphatic heterocycles. The van der Waals surface area contributed by atoms with Crippen LogP contribution in [0.1, 0.15) is 35.6 Å². The fourth-order valence-electron chi connectivity index (χ4n) is 2.86. The van der Waals surface area contributed by atoms with Crippen LogP contribution in [-0.4, -0.2) is 42.9 Å². The van der Waals surface area contributed by atoms with Crippen molar-refractivity contribution in [1.82, 2.24) is 4.90 Å². The van der Waals surface area contributed by atoms with Crippen molar-refractivity contribution < 1.29 is 9.84 Å². The Morgan fingerprint density at radius 2 is 1.79 bits per heavy atom. The van der Waals surface area contributed by atoms with E-state index in [1.807, 2.05) is 0 Å². The third kappa shape index (κ3) is 4.03. The van der Waals surface area contributed by atoms with E-state index in [-0.39, 0.29) is 0 Å². The molecular formula is C16H25NO2. The molecule has 1 unspecified atom stereocenters. The van der Waals surface area contributed by atoms with Gasteiger partial charge in [0.2, 0.25) is 0 Å². The Kier molecular flexibility index (Phi) is 4.97. The fourth-order valence-corrected chi connectivity index (χ4v) is 2.86. The summed E-state index contributed by atoms with van der Waals surface area (Å²) in [5, 5.41) is 10.4. The van der Waals surface area contributed by atoms with Crippen molar-refractivity contribution >= 4 is 0 Å². The second kappa shape index (κ2) is 6.51. The van der Waals surface area contributed by atoms with Crippen LogP contribution in [0.15, 0.2) is 18.2 Å². The van der Waals surface area contributed by atoms with Gasteiger partial charge in [0.15, 0.2) is 0 Å². The van der Waals surface area contributed by atoms with Crippen LogP contribution in [0.5, 0.6) is 0 Å². The molecule has 0 amide bonds. The predicted octanol–water partition coefficient (Wildman–Crippen LogP) is 2.45. The minimum atomic E-state index is -0.411. The van der Waals surface area contributed by atoms with Gasteiger partial charge in [-0.2, -0.15) is 0 Å². The highest BCUT2D eigenvalue weighted by atomic mass is 16.5. The van der Waals surface area contributed by atoms with E-state index in [1.165, 1.54) is 11.1 Å². The Balaban J connectivity index is 1.97. The van der Waals surface area contributed by atoms with Crippen molar-refractivity contribution in [1.29, 1.82) is 0 Å². The largest absolute Gasteiger partial charge is 0.387 e. The second-order valence-corrected chi connectivity index (χ2v) is 5.72. The monoisotopic (exact) mass is 263 g/mol. The number of ether oxygens (including phenoxy) is 1. The fraction of sp³-hybridized carbons (Fsp3) is 0.625. The summed E-state index contributed by atoms with van der Waals surface area (Å²) in [4.78, 5) is 2.27. The maximum Gasteiger partial charge on any atom is 0.0917 e. The summed E-state index contributed by atoms with van der Waals surface area (Å²) in [5.74, 6) is 0. The molecule has 3 heteroatoms. The van der Waals surface area contributed by atoms with Gasteiger partial charge in [0.1, 0.15) is 0 Å². The molecule has 1 aliphatic rings. The highest BCUT2D eigenvalue weighted by Gasteiger charge is 2.21. The third-order valence-corrected chi connectivity index (χ3v) is 3.90. The normalized spacial score (nSPS) is 18.8. The second-order valence-electron chi connectivity index (χ2n) is 5.72. The van der Waals surface area contributed by atoms with Gasteiger partial charge in [-0.1, -0.05) is 29.3 Å². The van der Waals surface area contributed by atoms with Crippen molar-refractivity contribution in [3.05, 3.63) is 34.9 Å². The summed E-state index contributed by atoms with van der Waals surface area (Å²) in [5.41, 5.74) is 3.45. The molecule has 1 fully saturated rings. The smallest absolute Gasteiger partial charge is 0.0917 e. The minimum Gasteiger partial charge on any atom is -0.387 e. The SMILES string of the molecule is Cc1cc(C)cc(C(O)CN(C)C2CCOCC2)c1. The Bertz CT molecular complexity index is 393. The molecule has 3 nitrogen and oxygen atoms in total. The van der Waals surface area contributed by atoms with Crippen LogP contribution in [0, 0.1) is 13.8 Å². The third-order valence-electron chi connectivity index (χ3n) is 3.90. The molecule has 19 heavy (non-hydrogen) atoms. The topological polar surface area (TPSA) is 32.7 Å². The standard InChI is InChI=1S/C16H25NO2/c1-12-8-13(2)10-14(9-12)16(18)11-17(3)15-4-6-19-7-5-15/h8-10,15-16,18H,4-7,11H2,1-3H3. The van der Waals surface area contributed by atoms with E-state index in [0.29, 0.717) is 12.6 Å². The number of benzene rings is 1. The van der Waals surface area contributed by atoms with Gasteiger partial charge in [0.25, 0.3) is 0 Å². The summed E-state index contributed by atoms with van der Waals surface area (Å²) in [6, 6.07) is 6.83. The zero-order chi connectivity index (χ0) is 13.8. The zero-order valence-corrected chi connectivity index (χ0v) is 12.2. The van der Waals surface area contributed by atoms with Crippen LogP contribution in [0.3, 0.4) is 0 Å². The highest BCUT2D eigenvalue weighted by Crippen LogP contribution is 2.20. The van der Waals surface area contributed by atoms with Crippen molar-refractivity contribution in [2.24, 2.45) is 0 Å². The van der Waals surface area contributed by atoms with Gasteiger partial charge in [-0.25, -0.2) is 0 Å². The predicted molar refractivity (Wildman–Crippen MR) is 77.3 cm³/mol. The molecule has 0 spiro atoms. The lowest BCUT2D eigenvalue weighted by Gasteiger charge is -2.32. The lowest BCUT2D eigenvalue weighted by Crippen LogP contribution is -2.38. The Hall–Kier alpha value is -0.900. The van der Waals surface area contributed by atoms with Gasteiger partial charge in [-0.15, -0.1) is 0 Å². The van der Waals surface area contributed by atoms with E-state index in [4.69, 9.17) is 4.74 Å². The first-order chi connectivity index (χ1) is 9.06. The average molecular weight is 263 g/mol. The molecule has 106 valence electrons. The molecule has 1 heterocycles. The van der Waals surface area contributed by atoms with Crippen LogP contribution in [0.2, 0.25) is 0 Å². The van der Waals surface area contributed by atoms with Crippen LogP contribution in [-0.2, 0) is 4.74 Å². The van der Waals surface area contributed by atoms with Gasteiger partial charge in [-0.05, 0) is 39.3 Å². The number of hydrogen-bond acceptors (Lipinski definition) is 3. The van der Waals surface area contributed by atoms with Crippen LogP contribution in [0.4, 0.5) is 0 Å². The minimum absolute atomic E-state index is 0.411. The number of rotatable bonds is 4. The highest BCUT2D eigenvalue weighted by molar-refractivity contribution is 5.30. The lowest BCUT2D eigenvalue weighted by molar-refractivity contribution is 0.0253. The zero-order valence-electron chi connectivity index (χ0n) is 12.2. The van der Waals surface area contributed by atoms with Gasteiger partial charge < -0.3 is 14.7 Å². The first-order valence-electron chi connectivity index (χ1n) is 7.10. The number of aliphatic hydroxyl groups is 1. The van der Waals surface area contributed by atoms with Crippen molar-refractivity contribution in [2.45, 2.75) is 38.8 Å². The van der Waals surface area contributed by atoms with Gasteiger partial charge in [0, 0.05) is 25.8 Å². The summed E-state index contributed by atoms with van der Waals surface area (Å²) >= 11 is 0. The van der Waals surface area contributed by atoms with Gasteiger partial charge in [0.05, 0.1) is 6.10 Å². The molecule has 1 atom stereocenters. The van der Waals surface area contributed by atoms with E-state index < -0.39 is 6.10 Å². The molecular weight excluding hydrogens is 238 g/mol. The molecule has 0 radical (unpaired) electrons. The summed E-state index contributed by atoms with van der Waals surface area (Å²) in [6.07, 6.45) is 1.72. The van der Waals surface area contributed by atoms with E-state index in [2.05, 4.69) is 44.0 Å². The number of aliphatic hydroxyl groups excluding tert-OH is 1. The van der Waals surface area contributed by atoms with E-state index in [1.54, 1.807) is 0 Å². The first-order valence-corrected chi connectivity index (χ1v) is 7.10. The van der Waals surface area contributed by atoms with E-state index in [0.717, 1.165) is 31.6 Å². The van der Waals surface area contributed by atoms with Gasteiger partial charge in [-0.3, -0.25) is 0 Å². The van der Waals surface area contributed by atoms with Crippen molar-refractivity contribution in [2.75, 3.05) is 26.8 Å². The molecule has 0 saturated carbocycles. The maximum atomic E-state index is 10.4. The van der Waals surface area contributed by atoms with Crippen molar-refractivity contribution in [3.63, 3.8) is 0 Å². The number of nitrogens with zero attached hydrogens (tertiary/aromatic N) is 1. The molecule has 0 aromatic heterocycles. The maximum absolute atomic E-state index is 10.4. The number of aryl methyl sites for hydroxylation is 2. The van der Waals surface area contributed by atoms with Crippen LogP contribution >= 0.6 is 0 Å². The molecule has 2 rings (SSSR count). The Morgan fingerprint density at radius 1 is 1.21 bits per heavy atom. The molecule has 0 aliphatic carbocycles. The number of likely N-dealkylation sites (N-methyl/N-ethyl adjacent to an activating group) is 1. The number of hydrogen-bond donors (Lipinski definition) is 1. The Labute approximate surface area is 116 Å². The van der Waals surface area contributed by atoms with Gasteiger partial charge >= 0.3 is 0 Å². The summed E-state index contributed by atoms with van der Waals surface area (Å²) < 4.78 is 5.38. The average Bonchev–Trinajstić information content (AvgIpc) is 2.38. The lowest BCUT2D eigenvalue weighted by atomic mass is 10.0. The molecule has 0 bridgehead atoms. The van der Waals surface area contributed by atoms with Crippen LogP contribution < -0.4 is 0 Å². The first kappa shape index (κ1) is 14.5. The molecule has 1 aromatic rings. The molecule has 1 aromatic carbocycles. The quantitative estimate of drug-likeness (QED) is 0.905. The summed E-state index contributed by atoms with van der Waals surface area (Å²) in [6.45, 7) is 6.52. The van der Waals surface area contributed by atoms with E-state index in [9.17, 15) is 5.11 Å². The molecule has 1 saturated heterocycles. The summed E-state index contributed by atoms with van der Waals surface area (Å²) in [7, 11) is 2.10. The van der Waals surface area contributed by atoms with Crippen LogP contribution in [0.25, 0.3) is 0 Å². The molecule has 1 N–H and O–H groups in total.